The number of hydrogen-bond acceptors (Lipinski definition) is 6. The second-order valence-corrected chi connectivity index (χ2v) is 4.63. The summed E-state index contributed by atoms with van der Waals surface area (Å²) in [7, 11) is 1.21. The van der Waals surface area contributed by atoms with Crippen molar-refractivity contribution in [2.45, 2.75) is 0 Å². The number of hydrogen-bond donors (Lipinski definition) is 1. The number of carboxylic acids is 1. The molecule has 1 N–H and O–H groups in total. The molecule has 0 aliphatic heterocycles. The van der Waals surface area contributed by atoms with Crippen molar-refractivity contribution in [2.75, 3.05) is 7.11 Å². The molecule has 2 aromatic rings. The minimum atomic E-state index is -1.13. The number of aromatic carboxylic acids is 1. The fourth-order valence-electron chi connectivity index (χ4n) is 1.84. The summed E-state index contributed by atoms with van der Waals surface area (Å²) in [4.78, 5) is 46.1. The molecule has 0 aliphatic carbocycles. The maximum atomic E-state index is 12.0. The molecule has 0 saturated carbocycles. The maximum absolute atomic E-state index is 12.0. The minimum Gasteiger partial charge on any atom is -0.478 e. The van der Waals surface area contributed by atoms with Crippen LogP contribution in [0.4, 0.5) is 0 Å². The highest BCUT2D eigenvalue weighted by atomic mass is 16.6. The lowest BCUT2D eigenvalue weighted by Gasteiger charge is -2.05. The van der Waals surface area contributed by atoms with Crippen molar-refractivity contribution in [3.8, 4) is 0 Å². The Morgan fingerprint density at radius 3 is 1.79 bits per heavy atom. The lowest BCUT2D eigenvalue weighted by Crippen LogP contribution is -2.14. The van der Waals surface area contributed by atoms with E-state index in [1.54, 1.807) is 0 Å². The first kappa shape index (κ1) is 16.9. The van der Waals surface area contributed by atoms with Gasteiger partial charge in [0.25, 0.3) is 0 Å². The van der Waals surface area contributed by atoms with Crippen molar-refractivity contribution in [2.24, 2.45) is 0 Å². The summed E-state index contributed by atoms with van der Waals surface area (Å²) in [5.74, 6) is -3.63. The largest absolute Gasteiger partial charge is 0.478 e. The first-order valence-electron chi connectivity index (χ1n) is 6.70. The lowest BCUT2D eigenvalue weighted by molar-refractivity contribution is 0.0396. The van der Waals surface area contributed by atoms with Gasteiger partial charge in [-0.2, -0.15) is 0 Å². The summed E-state index contributed by atoms with van der Waals surface area (Å²) in [5.41, 5.74) is 0.180. The summed E-state index contributed by atoms with van der Waals surface area (Å²) >= 11 is 0. The molecule has 0 amide bonds. The van der Waals surface area contributed by atoms with Crippen LogP contribution in [0.3, 0.4) is 0 Å². The first-order valence-corrected chi connectivity index (χ1v) is 6.70. The van der Waals surface area contributed by atoms with Crippen molar-refractivity contribution in [1.82, 2.24) is 0 Å². The van der Waals surface area contributed by atoms with E-state index in [1.165, 1.54) is 55.6 Å². The van der Waals surface area contributed by atoms with Gasteiger partial charge in [0.15, 0.2) is 0 Å². The second-order valence-electron chi connectivity index (χ2n) is 4.63. The summed E-state index contributed by atoms with van der Waals surface area (Å²) < 4.78 is 9.26. The molecule has 0 radical (unpaired) electrons. The fraction of sp³-hybridized carbons (Fsp3) is 0.0588. The molecule has 7 heteroatoms. The van der Waals surface area contributed by atoms with E-state index in [2.05, 4.69) is 4.74 Å². The maximum Gasteiger partial charge on any atom is 0.346 e. The number of methoxy groups -OCH3 is 1. The highest BCUT2D eigenvalue weighted by Gasteiger charge is 2.17. The van der Waals surface area contributed by atoms with Crippen LogP contribution >= 0.6 is 0 Å². The highest BCUT2D eigenvalue weighted by Crippen LogP contribution is 2.11. The Balaban J connectivity index is 2.12. The van der Waals surface area contributed by atoms with Crippen LogP contribution in [0.25, 0.3) is 0 Å². The number of ether oxygens (including phenoxy) is 2. The Labute approximate surface area is 136 Å². The topological polar surface area (TPSA) is 107 Å². The average Bonchev–Trinajstić information content (AvgIpc) is 2.61. The van der Waals surface area contributed by atoms with E-state index in [-0.39, 0.29) is 22.3 Å². The van der Waals surface area contributed by atoms with Crippen molar-refractivity contribution in [3.05, 3.63) is 70.8 Å². The Hall–Kier alpha value is -3.48. The second kappa shape index (κ2) is 7.19. The van der Waals surface area contributed by atoms with Gasteiger partial charge < -0.3 is 14.6 Å². The van der Waals surface area contributed by atoms with Crippen LogP contribution in [0.2, 0.25) is 0 Å². The molecule has 0 bridgehead atoms. The van der Waals surface area contributed by atoms with Crippen LogP contribution in [-0.2, 0) is 9.47 Å². The van der Waals surface area contributed by atoms with Gasteiger partial charge in [0.2, 0.25) is 0 Å². The zero-order valence-electron chi connectivity index (χ0n) is 12.5. The SMILES string of the molecule is COC(=O)c1cccc(C(=O)OC(=O)c2ccc(C(=O)O)cc2)c1. The minimum absolute atomic E-state index is 0.00338. The number of carbonyl (C=O) groups excluding carboxylic acids is 3. The Morgan fingerprint density at radius 2 is 1.25 bits per heavy atom. The molecular formula is C17H12O7. The van der Waals surface area contributed by atoms with E-state index in [0.29, 0.717) is 0 Å². The lowest BCUT2D eigenvalue weighted by atomic mass is 10.1. The van der Waals surface area contributed by atoms with Gasteiger partial charge in [-0.25, -0.2) is 19.2 Å². The van der Waals surface area contributed by atoms with Gasteiger partial charge in [-0.15, -0.1) is 0 Å². The number of carbonyl (C=O) groups is 4. The molecule has 0 aliphatic rings. The van der Waals surface area contributed by atoms with Gasteiger partial charge in [0, 0.05) is 0 Å². The predicted molar refractivity (Wildman–Crippen MR) is 80.9 cm³/mol. The van der Waals surface area contributed by atoms with Crippen molar-refractivity contribution >= 4 is 23.9 Å². The quantitative estimate of drug-likeness (QED) is 0.677. The Morgan fingerprint density at radius 1 is 0.750 bits per heavy atom. The van der Waals surface area contributed by atoms with Crippen LogP contribution in [0.5, 0.6) is 0 Å². The van der Waals surface area contributed by atoms with Crippen molar-refractivity contribution in [3.63, 3.8) is 0 Å². The van der Waals surface area contributed by atoms with Crippen LogP contribution in [-0.4, -0.2) is 36.1 Å². The zero-order valence-corrected chi connectivity index (χ0v) is 12.5. The normalized spacial score (nSPS) is 9.88. The molecule has 0 fully saturated rings. The number of rotatable bonds is 4. The molecule has 2 rings (SSSR count). The van der Waals surface area contributed by atoms with E-state index in [9.17, 15) is 19.2 Å². The molecule has 122 valence electrons. The van der Waals surface area contributed by atoms with Crippen LogP contribution in [0, 0.1) is 0 Å². The average molecular weight is 328 g/mol. The molecule has 0 unspecified atom stereocenters. The summed E-state index contributed by atoms with van der Waals surface area (Å²) in [6, 6.07) is 10.5. The molecule has 7 nitrogen and oxygen atoms in total. The van der Waals surface area contributed by atoms with E-state index >= 15 is 0 Å². The summed E-state index contributed by atoms with van der Waals surface area (Å²) in [6.45, 7) is 0. The van der Waals surface area contributed by atoms with E-state index in [0.717, 1.165) is 0 Å². The zero-order chi connectivity index (χ0) is 17.7. The third-order valence-corrected chi connectivity index (χ3v) is 3.07. The predicted octanol–water partition coefficient (Wildman–Crippen LogP) is 2.17. The molecule has 0 aromatic heterocycles. The molecule has 0 spiro atoms. The number of benzene rings is 2. The van der Waals surface area contributed by atoms with Gasteiger partial charge >= 0.3 is 23.9 Å². The Kier molecular flexibility index (Phi) is 5.06. The van der Waals surface area contributed by atoms with Gasteiger partial charge in [0.1, 0.15) is 0 Å². The third-order valence-electron chi connectivity index (χ3n) is 3.07. The first-order chi connectivity index (χ1) is 11.4. The van der Waals surface area contributed by atoms with E-state index in [1.807, 2.05) is 0 Å². The molecule has 0 atom stereocenters. The fourth-order valence-corrected chi connectivity index (χ4v) is 1.84. The molecular weight excluding hydrogens is 316 g/mol. The Bertz CT molecular complexity index is 806. The van der Waals surface area contributed by atoms with E-state index in [4.69, 9.17) is 9.84 Å². The number of esters is 3. The number of carboxylic acid groups (broad SMARTS) is 1. The molecule has 0 saturated heterocycles. The summed E-state index contributed by atoms with van der Waals surface area (Å²) in [6.07, 6.45) is 0. The molecule has 0 heterocycles. The van der Waals surface area contributed by atoms with Crippen LogP contribution < -0.4 is 0 Å². The standard InChI is InChI=1S/C17H12O7/c1-23-15(20)12-3-2-4-13(9-12)17(22)24-16(21)11-7-5-10(6-8-11)14(18)19/h2-9H,1H3,(H,18,19). The van der Waals surface area contributed by atoms with Gasteiger partial charge in [-0.05, 0) is 42.5 Å². The smallest absolute Gasteiger partial charge is 0.346 e. The highest BCUT2D eigenvalue weighted by molar-refractivity contribution is 6.04. The van der Waals surface area contributed by atoms with Crippen molar-refractivity contribution in [1.29, 1.82) is 0 Å². The van der Waals surface area contributed by atoms with E-state index < -0.39 is 23.9 Å². The van der Waals surface area contributed by atoms with Crippen molar-refractivity contribution < 1.29 is 33.8 Å². The van der Waals surface area contributed by atoms with Gasteiger partial charge in [-0.3, -0.25) is 0 Å². The summed E-state index contributed by atoms with van der Waals surface area (Å²) in [5, 5.41) is 8.79. The van der Waals surface area contributed by atoms with Gasteiger partial charge in [0.05, 0.1) is 29.4 Å². The van der Waals surface area contributed by atoms with Crippen LogP contribution in [0.15, 0.2) is 48.5 Å². The van der Waals surface area contributed by atoms with Crippen LogP contribution in [0.1, 0.15) is 41.4 Å². The molecule has 24 heavy (non-hydrogen) atoms. The third kappa shape index (κ3) is 3.83. The molecule has 2 aromatic carbocycles. The monoisotopic (exact) mass is 328 g/mol. The van der Waals surface area contributed by atoms with Gasteiger partial charge in [-0.1, -0.05) is 6.07 Å².